The Morgan fingerprint density at radius 1 is 1.17 bits per heavy atom. The average Bonchev–Trinajstić information content (AvgIpc) is 2.51. The molecule has 0 saturated carbocycles. The van der Waals surface area contributed by atoms with Crippen molar-refractivity contribution in [3.8, 4) is 0 Å². The predicted molar refractivity (Wildman–Crippen MR) is 94.5 cm³/mol. The van der Waals surface area contributed by atoms with Gasteiger partial charge in [-0.15, -0.1) is 0 Å². The van der Waals surface area contributed by atoms with Crippen LogP contribution in [0.15, 0.2) is 34.2 Å². The Bertz CT molecular complexity index is 600. The van der Waals surface area contributed by atoms with Crippen LogP contribution in [-0.2, 0) is 16.6 Å². The maximum atomic E-state index is 11.3. The number of guanidine groups is 1. The fraction of sp³-hybridized carbons (Fsp3) is 0.562. The maximum Gasteiger partial charge on any atom is 0.238 e. The Hall–Kier alpha value is -1.60. The number of rotatable bonds is 10. The summed E-state index contributed by atoms with van der Waals surface area (Å²) >= 11 is 0. The highest BCUT2D eigenvalue weighted by molar-refractivity contribution is 7.89. The van der Waals surface area contributed by atoms with Crippen LogP contribution in [0.1, 0.15) is 51.0 Å². The second-order valence-corrected chi connectivity index (χ2v) is 7.15. The third kappa shape index (κ3) is 8.56. The Labute approximate surface area is 139 Å². The molecule has 0 atom stereocenters. The lowest BCUT2D eigenvalue weighted by molar-refractivity contribution is 0.597. The summed E-state index contributed by atoms with van der Waals surface area (Å²) in [6.45, 7) is 3.33. The smallest absolute Gasteiger partial charge is 0.238 e. The molecule has 0 bridgehead atoms. The molecule has 0 radical (unpaired) electrons. The molecule has 0 aliphatic carbocycles. The van der Waals surface area contributed by atoms with Gasteiger partial charge in [-0.3, -0.25) is 0 Å². The first kappa shape index (κ1) is 19.4. The van der Waals surface area contributed by atoms with Crippen LogP contribution >= 0.6 is 0 Å². The van der Waals surface area contributed by atoms with Crippen LogP contribution in [-0.4, -0.2) is 20.9 Å². The largest absolute Gasteiger partial charge is 0.370 e. The van der Waals surface area contributed by atoms with Gasteiger partial charge in [-0.05, 0) is 24.1 Å². The molecular weight excluding hydrogens is 312 g/mol. The molecule has 0 fully saturated rings. The van der Waals surface area contributed by atoms with Crippen molar-refractivity contribution in [1.82, 2.24) is 5.32 Å². The van der Waals surface area contributed by atoms with Gasteiger partial charge in [-0.2, -0.15) is 0 Å². The quantitative estimate of drug-likeness (QED) is 0.344. The molecule has 0 saturated heterocycles. The highest BCUT2D eigenvalue weighted by atomic mass is 32.2. The lowest BCUT2D eigenvalue weighted by Gasteiger charge is -2.06. The number of benzene rings is 1. The zero-order valence-corrected chi connectivity index (χ0v) is 14.6. The summed E-state index contributed by atoms with van der Waals surface area (Å²) in [4.78, 5) is 4.30. The van der Waals surface area contributed by atoms with Crippen molar-refractivity contribution >= 4 is 16.0 Å². The second kappa shape index (κ2) is 10.2. The number of sulfonamides is 1. The van der Waals surface area contributed by atoms with Gasteiger partial charge in [-0.1, -0.05) is 51.2 Å². The van der Waals surface area contributed by atoms with E-state index in [-0.39, 0.29) is 4.90 Å². The van der Waals surface area contributed by atoms with E-state index in [2.05, 4.69) is 17.2 Å². The number of unbranched alkanes of at least 4 members (excludes halogenated alkanes) is 5. The van der Waals surface area contributed by atoms with Crippen LogP contribution < -0.4 is 16.2 Å². The van der Waals surface area contributed by atoms with E-state index in [1.54, 1.807) is 12.1 Å². The van der Waals surface area contributed by atoms with Gasteiger partial charge in [0.2, 0.25) is 10.0 Å². The minimum atomic E-state index is -3.69. The van der Waals surface area contributed by atoms with E-state index in [1.807, 2.05) is 0 Å². The maximum absolute atomic E-state index is 11.3. The van der Waals surface area contributed by atoms with Gasteiger partial charge in [0.15, 0.2) is 5.96 Å². The summed E-state index contributed by atoms with van der Waals surface area (Å²) in [5.41, 5.74) is 6.55. The fourth-order valence-electron chi connectivity index (χ4n) is 2.17. The zero-order valence-electron chi connectivity index (χ0n) is 13.8. The van der Waals surface area contributed by atoms with Gasteiger partial charge in [0, 0.05) is 6.54 Å². The minimum absolute atomic E-state index is 0.0869. The van der Waals surface area contributed by atoms with Gasteiger partial charge in [0.25, 0.3) is 0 Å². The highest BCUT2D eigenvalue weighted by Gasteiger charge is 2.07. The first-order valence-corrected chi connectivity index (χ1v) is 9.63. The molecule has 0 spiro atoms. The van der Waals surface area contributed by atoms with Crippen molar-refractivity contribution in [2.45, 2.75) is 56.9 Å². The highest BCUT2D eigenvalue weighted by Crippen LogP contribution is 2.10. The third-order valence-electron chi connectivity index (χ3n) is 3.50. The molecule has 0 aromatic heterocycles. The molecule has 0 aliphatic rings. The molecule has 130 valence electrons. The van der Waals surface area contributed by atoms with E-state index in [9.17, 15) is 8.42 Å². The van der Waals surface area contributed by atoms with E-state index in [0.29, 0.717) is 12.5 Å². The van der Waals surface area contributed by atoms with Gasteiger partial charge in [0.1, 0.15) is 0 Å². The topological polar surface area (TPSA) is 111 Å². The number of hydrogen-bond donors (Lipinski definition) is 3. The van der Waals surface area contributed by atoms with E-state index in [1.165, 1.54) is 44.2 Å². The molecule has 5 N–H and O–H groups in total. The normalized spacial score (nSPS) is 12.3. The number of aliphatic imine (C=N–C) groups is 1. The summed E-state index contributed by atoms with van der Waals surface area (Å²) in [6.07, 6.45) is 7.37. The van der Waals surface area contributed by atoms with Gasteiger partial charge >= 0.3 is 0 Å². The van der Waals surface area contributed by atoms with Gasteiger partial charge in [0.05, 0.1) is 11.4 Å². The van der Waals surface area contributed by atoms with E-state index >= 15 is 0 Å². The van der Waals surface area contributed by atoms with Crippen molar-refractivity contribution in [2.24, 2.45) is 15.9 Å². The molecule has 0 heterocycles. The number of hydrogen-bond acceptors (Lipinski definition) is 3. The van der Waals surface area contributed by atoms with Gasteiger partial charge in [-0.25, -0.2) is 18.5 Å². The standard InChI is InChI=1S/C16H28N4O2S/c1-2-3-4-5-6-7-11-19-16(17)20-13-14-9-8-10-15(12-14)23(18,21)22/h8-10,12H,2-7,11,13H2,1H3,(H3,17,19,20)(H2,18,21,22). The van der Waals surface area contributed by atoms with Gasteiger partial charge < -0.3 is 11.1 Å². The van der Waals surface area contributed by atoms with Crippen molar-refractivity contribution in [2.75, 3.05) is 6.54 Å². The second-order valence-electron chi connectivity index (χ2n) is 5.59. The average molecular weight is 340 g/mol. The first-order chi connectivity index (χ1) is 10.9. The van der Waals surface area contributed by atoms with Crippen LogP contribution in [0, 0.1) is 0 Å². The Morgan fingerprint density at radius 3 is 2.57 bits per heavy atom. The van der Waals surface area contributed by atoms with Crippen molar-refractivity contribution in [3.05, 3.63) is 29.8 Å². The summed E-state index contributed by atoms with van der Waals surface area (Å²) < 4.78 is 22.6. The molecule has 7 heteroatoms. The number of nitrogens with two attached hydrogens (primary N) is 2. The molecule has 1 rings (SSSR count). The molecule has 23 heavy (non-hydrogen) atoms. The van der Waals surface area contributed by atoms with Crippen LogP contribution in [0.5, 0.6) is 0 Å². The van der Waals surface area contributed by atoms with E-state index in [0.717, 1.165) is 18.5 Å². The lowest BCUT2D eigenvalue weighted by Crippen LogP contribution is -2.32. The number of nitrogens with one attached hydrogen (secondary N) is 1. The zero-order chi connectivity index (χ0) is 17.1. The van der Waals surface area contributed by atoms with Crippen LogP contribution in [0.4, 0.5) is 0 Å². The van der Waals surface area contributed by atoms with Crippen LogP contribution in [0.3, 0.4) is 0 Å². The van der Waals surface area contributed by atoms with E-state index < -0.39 is 10.0 Å². The summed E-state index contributed by atoms with van der Waals surface area (Å²) in [7, 11) is -3.69. The summed E-state index contributed by atoms with van der Waals surface area (Å²) in [5.74, 6) is 0.375. The molecule has 1 aromatic carbocycles. The Balaban J connectivity index is 2.34. The molecule has 6 nitrogen and oxygen atoms in total. The van der Waals surface area contributed by atoms with Crippen molar-refractivity contribution < 1.29 is 8.42 Å². The van der Waals surface area contributed by atoms with Crippen molar-refractivity contribution in [3.63, 3.8) is 0 Å². The monoisotopic (exact) mass is 340 g/mol. The minimum Gasteiger partial charge on any atom is -0.370 e. The molecule has 0 aliphatic heterocycles. The summed E-state index contributed by atoms with van der Waals surface area (Å²) in [6, 6.07) is 6.41. The molecule has 0 amide bonds. The lowest BCUT2D eigenvalue weighted by atomic mass is 10.1. The molecule has 1 aromatic rings. The summed E-state index contributed by atoms with van der Waals surface area (Å²) in [5, 5.41) is 8.18. The number of primary sulfonamides is 1. The first-order valence-electron chi connectivity index (χ1n) is 8.09. The van der Waals surface area contributed by atoms with Crippen molar-refractivity contribution in [1.29, 1.82) is 0 Å². The fourth-order valence-corrected chi connectivity index (χ4v) is 2.76. The predicted octanol–water partition coefficient (Wildman–Crippen LogP) is 2.10. The Morgan fingerprint density at radius 2 is 1.87 bits per heavy atom. The SMILES string of the molecule is CCCCCCCCNC(N)=NCc1cccc(S(N)(=O)=O)c1. The Kier molecular flexibility index (Phi) is 8.65. The molecule has 0 unspecified atom stereocenters. The van der Waals surface area contributed by atoms with Crippen LogP contribution in [0.2, 0.25) is 0 Å². The molecular formula is C16H28N4O2S. The van der Waals surface area contributed by atoms with E-state index in [4.69, 9.17) is 10.9 Å². The van der Waals surface area contributed by atoms with Crippen LogP contribution in [0.25, 0.3) is 0 Å². The third-order valence-corrected chi connectivity index (χ3v) is 4.41. The number of nitrogens with zero attached hydrogens (tertiary/aromatic N) is 1.